The molecule has 0 fully saturated rings. The molecule has 0 aliphatic heterocycles. The first-order valence-corrected chi connectivity index (χ1v) is 7.24. The Morgan fingerprint density at radius 2 is 1.67 bits per heavy atom. The van der Waals surface area contributed by atoms with Crippen LogP contribution in [0.5, 0.6) is 23.0 Å². The summed E-state index contributed by atoms with van der Waals surface area (Å²) in [7, 11) is 4.56. The predicted octanol–water partition coefficient (Wildman–Crippen LogP) is 2.93. The summed E-state index contributed by atoms with van der Waals surface area (Å²) < 4.78 is 15.7. The molecule has 1 aromatic heterocycles. The molecular weight excluding hydrogens is 310 g/mol. The Bertz CT molecular complexity index is 962. The molecule has 2 aromatic carbocycles. The SMILES string of the molecule is COc1cccc(-c2[nH]c3cc(OC)c(OC)cc3c(=O)c2O)c1. The first kappa shape index (κ1) is 15.7. The third-order valence-corrected chi connectivity index (χ3v) is 3.84. The summed E-state index contributed by atoms with van der Waals surface area (Å²) in [6.45, 7) is 0. The van der Waals surface area contributed by atoms with Crippen LogP contribution in [0.15, 0.2) is 41.2 Å². The lowest BCUT2D eigenvalue weighted by Crippen LogP contribution is -2.06. The molecule has 1 heterocycles. The van der Waals surface area contributed by atoms with Crippen LogP contribution in [0.3, 0.4) is 0 Å². The second-order valence-corrected chi connectivity index (χ2v) is 5.16. The summed E-state index contributed by atoms with van der Waals surface area (Å²) in [6.07, 6.45) is 0. The molecule has 0 saturated carbocycles. The van der Waals surface area contributed by atoms with E-state index in [1.807, 2.05) is 0 Å². The van der Waals surface area contributed by atoms with Crippen molar-refractivity contribution in [3.63, 3.8) is 0 Å². The number of ether oxygens (including phenoxy) is 3. The van der Waals surface area contributed by atoms with Crippen LogP contribution in [0.25, 0.3) is 22.2 Å². The number of hydrogen-bond acceptors (Lipinski definition) is 5. The van der Waals surface area contributed by atoms with Gasteiger partial charge >= 0.3 is 0 Å². The van der Waals surface area contributed by atoms with E-state index in [2.05, 4.69) is 4.98 Å². The van der Waals surface area contributed by atoms with Crippen molar-refractivity contribution in [2.75, 3.05) is 21.3 Å². The van der Waals surface area contributed by atoms with Gasteiger partial charge in [0.1, 0.15) is 5.75 Å². The van der Waals surface area contributed by atoms with Gasteiger partial charge in [0.05, 0.1) is 37.9 Å². The molecule has 0 amide bonds. The largest absolute Gasteiger partial charge is 0.503 e. The van der Waals surface area contributed by atoms with E-state index in [1.54, 1.807) is 43.5 Å². The summed E-state index contributed by atoms with van der Waals surface area (Å²) in [5.74, 6) is 1.18. The van der Waals surface area contributed by atoms with Crippen LogP contribution in [0.1, 0.15) is 0 Å². The van der Waals surface area contributed by atoms with Crippen molar-refractivity contribution in [1.29, 1.82) is 0 Å². The zero-order valence-electron chi connectivity index (χ0n) is 13.5. The van der Waals surface area contributed by atoms with E-state index in [9.17, 15) is 9.90 Å². The van der Waals surface area contributed by atoms with Crippen LogP contribution < -0.4 is 19.6 Å². The average Bonchev–Trinajstić information content (AvgIpc) is 2.63. The third-order valence-electron chi connectivity index (χ3n) is 3.84. The van der Waals surface area contributed by atoms with Gasteiger partial charge in [-0.05, 0) is 18.2 Å². The fourth-order valence-corrected chi connectivity index (χ4v) is 2.59. The molecule has 6 heteroatoms. The number of aromatic nitrogens is 1. The molecule has 0 bridgehead atoms. The number of rotatable bonds is 4. The highest BCUT2D eigenvalue weighted by Gasteiger charge is 2.16. The average molecular weight is 327 g/mol. The van der Waals surface area contributed by atoms with Crippen LogP contribution in [-0.2, 0) is 0 Å². The number of hydrogen-bond donors (Lipinski definition) is 2. The van der Waals surface area contributed by atoms with Crippen molar-refractivity contribution < 1.29 is 19.3 Å². The number of aromatic amines is 1. The number of methoxy groups -OCH3 is 3. The van der Waals surface area contributed by atoms with Crippen LogP contribution in [-0.4, -0.2) is 31.4 Å². The zero-order chi connectivity index (χ0) is 17.3. The first-order valence-electron chi connectivity index (χ1n) is 7.24. The Hall–Kier alpha value is -3.15. The van der Waals surface area contributed by atoms with Gasteiger partial charge in [0.15, 0.2) is 17.2 Å². The third kappa shape index (κ3) is 2.52. The summed E-state index contributed by atoms with van der Waals surface area (Å²) in [4.78, 5) is 15.6. The van der Waals surface area contributed by atoms with Crippen LogP contribution in [0, 0.1) is 0 Å². The quantitative estimate of drug-likeness (QED) is 0.770. The minimum absolute atomic E-state index is 0.316. The lowest BCUT2D eigenvalue weighted by Gasteiger charge is -2.12. The van der Waals surface area contributed by atoms with Gasteiger partial charge in [-0.3, -0.25) is 4.79 Å². The molecule has 0 spiro atoms. The molecule has 3 rings (SSSR count). The number of H-pyrrole nitrogens is 1. The van der Waals surface area contributed by atoms with Crippen LogP contribution >= 0.6 is 0 Å². The fraction of sp³-hybridized carbons (Fsp3) is 0.167. The van der Waals surface area contributed by atoms with Crippen molar-refractivity contribution in [3.05, 3.63) is 46.6 Å². The van der Waals surface area contributed by atoms with Gasteiger partial charge in [-0.2, -0.15) is 0 Å². The van der Waals surface area contributed by atoms with E-state index < -0.39 is 5.43 Å². The van der Waals surface area contributed by atoms with E-state index in [0.29, 0.717) is 39.4 Å². The molecule has 24 heavy (non-hydrogen) atoms. The second-order valence-electron chi connectivity index (χ2n) is 5.16. The van der Waals surface area contributed by atoms with Gasteiger partial charge < -0.3 is 24.3 Å². The van der Waals surface area contributed by atoms with E-state index >= 15 is 0 Å². The summed E-state index contributed by atoms with van der Waals surface area (Å²) >= 11 is 0. The number of nitrogens with one attached hydrogen (secondary N) is 1. The fourth-order valence-electron chi connectivity index (χ4n) is 2.59. The summed E-state index contributed by atoms with van der Waals surface area (Å²) in [5, 5.41) is 10.7. The predicted molar refractivity (Wildman–Crippen MR) is 91.3 cm³/mol. The van der Waals surface area contributed by atoms with E-state index in [4.69, 9.17) is 14.2 Å². The van der Waals surface area contributed by atoms with Gasteiger partial charge in [-0.1, -0.05) is 12.1 Å². The highest BCUT2D eigenvalue weighted by Crippen LogP contribution is 2.34. The van der Waals surface area contributed by atoms with Crippen molar-refractivity contribution >= 4 is 10.9 Å². The Labute approximate surface area is 138 Å². The van der Waals surface area contributed by atoms with Gasteiger partial charge in [0.25, 0.3) is 0 Å². The van der Waals surface area contributed by atoms with Crippen LogP contribution in [0.4, 0.5) is 0 Å². The molecule has 0 aliphatic carbocycles. The molecule has 0 atom stereocenters. The molecule has 0 radical (unpaired) electrons. The Kier molecular flexibility index (Phi) is 4.04. The minimum Gasteiger partial charge on any atom is -0.503 e. The number of benzene rings is 2. The number of fused-ring (bicyclic) bond motifs is 1. The highest BCUT2D eigenvalue weighted by atomic mass is 16.5. The van der Waals surface area contributed by atoms with Gasteiger partial charge in [-0.25, -0.2) is 0 Å². The molecule has 2 N–H and O–H groups in total. The van der Waals surface area contributed by atoms with Crippen molar-refractivity contribution in [1.82, 2.24) is 4.98 Å². The van der Waals surface area contributed by atoms with Crippen molar-refractivity contribution in [2.24, 2.45) is 0 Å². The Balaban J connectivity index is 2.30. The number of pyridine rings is 1. The molecule has 3 aromatic rings. The Morgan fingerprint density at radius 3 is 2.33 bits per heavy atom. The van der Waals surface area contributed by atoms with Crippen molar-refractivity contribution in [2.45, 2.75) is 0 Å². The summed E-state index contributed by atoms with van der Waals surface area (Å²) in [6, 6.07) is 10.3. The maximum Gasteiger partial charge on any atom is 0.231 e. The standard InChI is InChI=1S/C18H17NO5/c1-22-11-6-4-5-10(7-11)16-18(21)17(20)12-8-14(23-2)15(24-3)9-13(12)19-16/h4-9,21H,1-3H3,(H,19,20). The van der Waals surface area contributed by atoms with Gasteiger partial charge in [0.2, 0.25) is 5.43 Å². The van der Waals surface area contributed by atoms with E-state index in [-0.39, 0.29) is 5.75 Å². The van der Waals surface area contributed by atoms with E-state index in [1.165, 1.54) is 14.2 Å². The zero-order valence-corrected chi connectivity index (χ0v) is 13.5. The Morgan fingerprint density at radius 1 is 0.958 bits per heavy atom. The molecule has 0 aliphatic rings. The highest BCUT2D eigenvalue weighted by molar-refractivity contribution is 5.87. The lowest BCUT2D eigenvalue weighted by atomic mass is 10.1. The first-order chi connectivity index (χ1) is 11.6. The molecule has 6 nitrogen and oxygen atoms in total. The monoisotopic (exact) mass is 327 g/mol. The minimum atomic E-state index is -0.484. The topological polar surface area (TPSA) is 80.8 Å². The molecule has 124 valence electrons. The maximum atomic E-state index is 12.5. The van der Waals surface area contributed by atoms with Gasteiger partial charge in [-0.15, -0.1) is 0 Å². The molecule has 0 saturated heterocycles. The lowest BCUT2D eigenvalue weighted by molar-refractivity contribution is 0.355. The second kappa shape index (κ2) is 6.16. The normalized spacial score (nSPS) is 10.6. The van der Waals surface area contributed by atoms with E-state index in [0.717, 1.165) is 0 Å². The molecular formula is C18H17NO5. The maximum absolute atomic E-state index is 12.5. The van der Waals surface area contributed by atoms with Crippen molar-refractivity contribution in [3.8, 4) is 34.3 Å². The smallest absolute Gasteiger partial charge is 0.231 e. The van der Waals surface area contributed by atoms with Crippen LogP contribution in [0.2, 0.25) is 0 Å². The molecule has 0 unspecified atom stereocenters. The summed E-state index contributed by atoms with van der Waals surface area (Å²) in [5.41, 5.74) is 1.01. The number of aromatic hydroxyl groups is 1. The van der Waals surface area contributed by atoms with Gasteiger partial charge in [0, 0.05) is 11.6 Å².